The van der Waals surface area contributed by atoms with Crippen LogP contribution in [-0.2, 0) is 10.0 Å². The molecule has 0 unspecified atom stereocenters. The Bertz CT molecular complexity index is 742. The van der Waals surface area contributed by atoms with Gasteiger partial charge in [0.15, 0.2) is 0 Å². The van der Waals surface area contributed by atoms with Crippen molar-refractivity contribution in [1.29, 1.82) is 0 Å². The van der Waals surface area contributed by atoms with Crippen LogP contribution in [0, 0.1) is 6.92 Å². The molecule has 1 N–H and O–H groups in total. The Kier molecular flexibility index (Phi) is 7.46. The lowest BCUT2D eigenvalue weighted by Crippen LogP contribution is -2.33. The highest BCUT2D eigenvalue weighted by atomic mass is 35.5. The largest absolute Gasteiger partial charge is 0.339 e. The Morgan fingerprint density at radius 3 is 2.38 bits per heavy atom. The Hall–Kier alpha value is -1.15. The Labute approximate surface area is 161 Å². The third kappa shape index (κ3) is 5.42. The van der Waals surface area contributed by atoms with Crippen LogP contribution in [0.4, 0.5) is 0 Å². The second-order valence-corrected chi connectivity index (χ2v) is 8.77. The lowest BCUT2D eigenvalue weighted by molar-refractivity contribution is 0.0754. The van der Waals surface area contributed by atoms with E-state index in [0.717, 1.165) is 25.9 Å². The van der Waals surface area contributed by atoms with Crippen LogP contribution in [0.15, 0.2) is 17.0 Å². The normalized spacial score (nSPS) is 14.5. The molecule has 0 aliphatic carbocycles. The van der Waals surface area contributed by atoms with E-state index in [4.69, 9.17) is 11.6 Å². The summed E-state index contributed by atoms with van der Waals surface area (Å²) in [4.78, 5) is 16.8. The molecule has 0 atom stereocenters. The van der Waals surface area contributed by atoms with Crippen LogP contribution in [0.25, 0.3) is 0 Å². The summed E-state index contributed by atoms with van der Waals surface area (Å²) >= 11 is 6.19. The third-order valence-electron chi connectivity index (χ3n) is 4.33. The number of nitrogens with zero attached hydrogens (tertiary/aromatic N) is 2. The van der Waals surface area contributed by atoms with Crippen molar-refractivity contribution in [3.8, 4) is 0 Å². The Balaban J connectivity index is 2.27. The minimum atomic E-state index is -3.76. The summed E-state index contributed by atoms with van der Waals surface area (Å²) < 4.78 is 27.8. The van der Waals surface area contributed by atoms with Crippen LogP contribution in [-0.4, -0.2) is 63.4 Å². The number of carbonyl (C=O) groups excluding carboxylic acids is 1. The van der Waals surface area contributed by atoms with Crippen molar-refractivity contribution in [1.82, 2.24) is 14.5 Å². The van der Waals surface area contributed by atoms with E-state index >= 15 is 0 Å². The molecular weight excluding hydrogens is 374 g/mol. The van der Waals surface area contributed by atoms with Crippen LogP contribution in [0.1, 0.15) is 42.6 Å². The lowest BCUT2D eigenvalue weighted by atomic mass is 10.1. The minimum absolute atomic E-state index is 0.0353. The van der Waals surface area contributed by atoms with Gasteiger partial charge in [-0.25, -0.2) is 13.1 Å². The fourth-order valence-corrected chi connectivity index (χ4v) is 4.45. The number of hydrogen-bond acceptors (Lipinski definition) is 4. The van der Waals surface area contributed by atoms with Crippen LogP contribution in [0.2, 0.25) is 5.02 Å². The van der Waals surface area contributed by atoms with Crippen LogP contribution >= 0.6 is 11.6 Å². The average molecular weight is 402 g/mol. The van der Waals surface area contributed by atoms with E-state index in [1.165, 1.54) is 6.07 Å². The van der Waals surface area contributed by atoms with E-state index in [0.29, 0.717) is 37.3 Å². The molecule has 1 heterocycles. The van der Waals surface area contributed by atoms with E-state index in [1.54, 1.807) is 17.9 Å². The monoisotopic (exact) mass is 401 g/mol. The van der Waals surface area contributed by atoms with Gasteiger partial charge in [-0.1, -0.05) is 25.4 Å². The van der Waals surface area contributed by atoms with Gasteiger partial charge >= 0.3 is 0 Å². The van der Waals surface area contributed by atoms with Gasteiger partial charge in [-0.05, 0) is 37.5 Å². The summed E-state index contributed by atoms with van der Waals surface area (Å²) in [6.07, 6.45) is 1.70. The van der Waals surface area contributed by atoms with E-state index in [9.17, 15) is 13.2 Å². The Morgan fingerprint density at radius 1 is 1.23 bits per heavy atom. The number of benzene rings is 1. The smallest absolute Gasteiger partial charge is 0.254 e. The van der Waals surface area contributed by atoms with Gasteiger partial charge in [-0.3, -0.25) is 9.69 Å². The molecule has 0 saturated carbocycles. The number of nitrogens with one attached hydrogen (secondary N) is 1. The summed E-state index contributed by atoms with van der Waals surface area (Å²) in [6, 6.07) is 2.97. The molecule has 1 aliphatic heterocycles. The van der Waals surface area contributed by atoms with Crippen molar-refractivity contribution < 1.29 is 13.2 Å². The molecule has 0 spiro atoms. The molecule has 1 aromatic rings. The van der Waals surface area contributed by atoms with Gasteiger partial charge in [0.05, 0.1) is 5.02 Å². The molecule has 1 amide bonds. The highest BCUT2D eigenvalue weighted by Crippen LogP contribution is 2.26. The summed E-state index contributed by atoms with van der Waals surface area (Å²) in [6.45, 7) is 10.1. The van der Waals surface area contributed by atoms with Gasteiger partial charge in [0.25, 0.3) is 5.91 Å². The van der Waals surface area contributed by atoms with Crippen LogP contribution < -0.4 is 4.72 Å². The summed E-state index contributed by atoms with van der Waals surface area (Å²) in [5.41, 5.74) is 1.07. The maximum Gasteiger partial charge on any atom is 0.254 e. The molecule has 1 saturated heterocycles. The molecule has 146 valence electrons. The summed E-state index contributed by atoms with van der Waals surface area (Å²) in [7, 11) is -3.76. The first-order chi connectivity index (χ1) is 12.3. The first kappa shape index (κ1) is 21.2. The number of hydrogen-bond donors (Lipinski definition) is 1. The summed E-state index contributed by atoms with van der Waals surface area (Å²) in [5.74, 6) is -0.150. The maximum absolute atomic E-state index is 12.9. The van der Waals surface area contributed by atoms with Crippen molar-refractivity contribution in [2.24, 2.45) is 0 Å². The fraction of sp³-hybridized carbons (Fsp3) is 0.611. The highest BCUT2D eigenvalue weighted by molar-refractivity contribution is 7.89. The zero-order chi connectivity index (χ0) is 19.3. The minimum Gasteiger partial charge on any atom is -0.339 e. The number of rotatable bonds is 10. The standard InChI is InChI=1S/C18H28ClN3O3S/c1-4-7-22(8-5-2)18(23)15-13-17(16(19)12-14(15)3)26(24,25)20-6-9-21-10-11-21/h12-13,20H,4-11H2,1-3H3. The Morgan fingerprint density at radius 2 is 1.85 bits per heavy atom. The van der Waals surface area contributed by atoms with Crippen molar-refractivity contribution in [3.63, 3.8) is 0 Å². The van der Waals surface area contributed by atoms with Crippen molar-refractivity contribution in [2.75, 3.05) is 39.3 Å². The maximum atomic E-state index is 12.9. The molecule has 1 aliphatic rings. The van der Waals surface area contributed by atoms with Crippen LogP contribution in [0.5, 0.6) is 0 Å². The van der Waals surface area contributed by atoms with Gasteiger partial charge in [-0.2, -0.15) is 0 Å². The number of amides is 1. The van der Waals surface area contributed by atoms with Crippen molar-refractivity contribution >= 4 is 27.5 Å². The predicted molar refractivity (Wildman–Crippen MR) is 104 cm³/mol. The molecule has 0 radical (unpaired) electrons. The molecule has 1 fully saturated rings. The average Bonchev–Trinajstić information content (AvgIpc) is 3.38. The summed E-state index contributed by atoms with van der Waals surface area (Å²) in [5, 5.41) is 0.135. The zero-order valence-electron chi connectivity index (χ0n) is 15.7. The molecule has 2 rings (SSSR count). The molecule has 1 aromatic carbocycles. The number of sulfonamides is 1. The molecular formula is C18H28ClN3O3S. The molecule has 8 heteroatoms. The van der Waals surface area contributed by atoms with Gasteiger partial charge in [0.2, 0.25) is 10.0 Å². The SMILES string of the molecule is CCCN(CCC)C(=O)c1cc(S(=O)(=O)NCCN2CC2)c(Cl)cc1C. The number of carbonyl (C=O) groups is 1. The molecule has 0 aromatic heterocycles. The zero-order valence-corrected chi connectivity index (χ0v) is 17.3. The van der Waals surface area contributed by atoms with Crippen molar-refractivity contribution in [3.05, 3.63) is 28.3 Å². The topological polar surface area (TPSA) is 69.5 Å². The first-order valence-corrected chi connectivity index (χ1v) is 11.0. The highest BCUT2D eigenvalue weighted by Gasteiger charge is 2.24. The number of aryl methyl sites for hydroxylation is 1. The van der Waals surface area contributed by atoms with E-state index in [-0.39, 0.29) is 15.8 Å². The molecule has 0 bridgehead atoms. The van der Waals surface area contributed by atoms with Crippen molar-refractivity contribution in [2.45, 2.75) is 38.5 Å². The van der Waals surface area contributed by atoms with E-state index < -0.39 is 10.0 Å². The second kappa shape index (κ2) is 9.17. The van der Waals surface area contributed by atoms with Gasteiger partial charge in [0.1, 0.15) is 4.90 Å². The molecule has 26 heavy (non-hydrogen) atoms. The number of halogens is 1. The van der Waals surface area contributed by atoms with Gasteiger partial charge < -0.3 is 4.90 Å². The fourth-order valence-electron chi connectivity index (χ4n) is 2.82. The van der Waals surface area contributed by atoms with Gasteiger partial charge in [0, 0.05) is 44.8 Å². The van der Waals surface area contributed by atoms with Gasteiger partial charge in [-0.15, -0.1) is 0 Å². The van der Waals surface area contributed by atoms with Crippen LogP contribution in [0.3, 0.4) is 0 Å². The first-order valence-electron chi connectivity index (χ1n) is 9.11. The second-order valence-electron chi connectivity index (χ2n) is 6.63. The van der Waals surface area contributed by atoms with E-state index in [1.807, 2.05) is 13.8 Å². The third-order valence-corrected chi connectivity index (χ3v) is 6.26. The lowest BCUT2D eigenvalue weighted by Gasteiger charge is -2.23. The quantitative estimate of drug-likeness (QED) is 0.611. The van der Waals surface area contributed by atoms with E-state index in [2.05, 4.69) is 9.62 Å². The molecule has 6 nitrogen and oxygen atoms in total. The predicted octanol–water partition coefficient (Wildman–Crippen LogP) is 2.50.